The molecule has 0 spiro atoms. The van der Waals surface area contributed by atoms with Crippen molar-refractivity contribution in [2.75, 3.05) is 0 Å². The van der Waals surface area contributed by atoms with Gasteiger partial charge in [-0.1, -0.05) is 127 Å². The van der Waals surface area contributed by atoms with Crippen LogP contribution in [0.3, 0.4) is 0 Å². The standard InChI is InChI=1S/C55H33N5O/c1-3-15-34(16-4-1)53-56-54(37-27-28-49-43(30-37)40-21-9-12-24-47(40)59(49)38-19-5-2-6-20-38)58-55(57-53)46-33-39(32-45-42-23-11-14-26-51(42)61-52(45)46)60-48-25-13-10-22-41(48)44-29-35-17-7-8-18-36(35)31-50(44)60/h1-33H. The summed E-state index contributed by atoms with van der Waals surface area (Å²) >= 11 is 0. The summed E-state index contributed by atoms with van der Waals surface area (Å²) in [5, 5.41) is 9.11. The molecule has 6 nitrogen and oxygen atoms in total. The van der Waals surface area contributed by atoms with Crippen LogP contribution in [0.15, 0.2) is 205 Å². The number of fused-ring (bicyclic) bond motifs is 10. The highest BCUT2D eigenvalue weighted by atomic mass is 16.3. The van der Waals surface area contributed by atoms with Crippen LogP contribution in [0.5, 0.6) is 0 Å². The van der Waals surface area contributed by atoms with Gasteiger partial charge in [0.25, 0.3) is 0 Å². The maximum atomic E-state index is 6.77. The molecule has 0 aliphatic carbocycles. The quantitative estimate of drug-likeness (QED) is 0.175. The van der Waals surface area contributed by atoms with Gasteiger partial charge in [-0.05, 0) is 83.6 Å². The van der Waals surface area contributed by atoms with E-state index in [1.807, 2.05) is 30.3 Å². The maximum Gasteiger partial charge on any atom is 0.167 e. The minimum atomic E-state index is 0.535. The molecular formula is C55H33N5O. The number of aromatic nitrogens is 5. The first-order valence-electron chi connectivity index (χ1n) is 20.5. The van der Waals surface area contributed by atoms with Gasteiger partial charge in [0.1, 0.15) is 11.2 Å². The minimum Gasteiger partial charge on any atom is -0.455 e. The zero-order valence-corrected chi connectivity index (χ0v) is 32.7. The van der Waals surface area contributed by atoms with Gasteiger partial charge in [0.2, 0.25) is 0 Å². The fourth-order valence-corrected chi connectivity index (χ4v) is 9.35. The normalized spacial score (nSPS) is 11.9. The number of furan rings is 1. The Hall–Kier alpha value is -8.35. The predicted octanol–water partition coefficient (Wildman–Crippen LogP) is 14.1. The van der Waals surface area contributed by atoms with E-state index in [0.717, 1.165) is 82.8 Å². The Kier molecular flexibility index (Phi) is 7.21. The second kappa shape index (κ2) is 13.1. The molecule has 6 heteroatoms. The van der Waals surface area contributed by atoms with Gasteiger partial charge in [-0.25, -0.2) is 15.0 Å². The third-order valence-corrected chi connectivity index (χ3v) is 12.1. The molecule has 0 amide bonds. The number of benzene rings is 9. The first-order valence-corrected chi connectivity index (χ1v) is 20.5. The first kappa shape index (κ1) is 33.6. The molecule has 0 radical (unpaired) electrons. The van der Waals surface area contributed by atoms with E-state index < -0.39 is 0 Å². The molecule has 13 rings (SSSR count). The third-order valence-electron chi connectivity index (χ3n) is 12.1. The summed E-state index contributed by atoms with van der Waals surface area (Å²) < 4.78 is 11.5. The van der Waals surface area contributed by atoms with Crippen LogP contribution in [0.4, 0.5) is 0 Å². The molecular weight excluding hydrogens is 747 g/mol. The van der Waals surface area contributed by atoms with E-state index in [-0.39, 0.29) is 0 Å². The van der Waals surface area contributed by atoms with Crippen molar-refractivity contribution in [2.45, 2.75) is 0 Å². The molecule has 0 atom stereocenters. The van der Waals surface area contributed by atoms with Crippen molar-refractivity contribution in [3.05, 3.63) is 200 Å². The highest BCUT2D eigenvalue weighted by Gasteiger charge is 2.22. The highest BCUT2D eigenvalue weighted by molar-refractivity contribution is 6.15. The number of rotatable bonds is 5. The third kappa shape index (κ3) is 5.19. The van der Waals surface area contributed by atoms with Crippen LogP contribution < -0.4 is 0 Å². The predicted molar refractivity (Wildman–Crippen MR) is 250 cm³/mol. The molecule has 0 aliphatic rings. The maximum absolute atomic E-state index is 6.77. The van der Waals surface area contributed by atoms with Crippen LogP contribution in [0.1, 0.15) is 0 Å². The van der Waals surface area contributed by atoms with Gasteiger partial charge in [0.05, 0.1) is 27.6 Å². The topological polar surface area (TPSA) is 61.7 Å². The highest BCUT2D eigenvalue weighted by Crippen LogP contribution is 2.42. The summed E-state index contributed by atoms with van der Waals surface area (Å²) in [4.78, 5) is 15.8. The monoisotopic (exact) mass is 779 g/mol. The van der Waals surface area contributed by atoms with E-state index in [1.165, 1.54) is 21.5 Å². The Morgan fingerprint density at radius 1 is 0.328 bits per heavy atom. The zero-order valence-electron chi connectivity index (χ0n) is 32.7. The van der Waals surface area contributed by atoms with Crippen LogP contribution in [0, 0.1) is 0 Å². The number of hydrogen-bond acceptors (Lipinski definition) is 4. The van der Waals surface area contributed by atoms with E-state index in [1.54, 1.807) is 0 Å². The molecule has 61 heavy (non-hydrogen) atoms. The Morgan fingerprint density at radius 2 is 0.885 bits per heavy atom. The van der Waals surface area contributed by atoms with E-state index in [4.69, 9.17) is 19.4 Å². The summed E-state index contributed by atoms with van der Waals surface area (Å²) in [5.41, 5.74) is 10.7. The van der Waals surface area contributed by atoms with Crippen molar-refractivity contribution >= 4 is 76.3 Å². The fraction of sp³-hybridized carbons (Fsp3) is 0. The summed E-state index contributed by atoms with van der Waals surface area (Å²) in [6.07, 6.45) is 0. The summed E-state index contributed by atoms with van der Waals surface area (Å²) in [6.45, 7) is 0. The SMILES string of the molecule is c1ccc(-c2nc(-c3ccc4c(c3)c3ccccc3n4-c3ccccc3)nc(-c3cc(-n4c5ccccc5c5cc6ccccc6cc54)cc4c3oc3ccccc34)n2)cc1. The molecule has 0 saturated carbocycles. The summed E-state index contributed by atoms with van der Waals surface area (Å²) in [7, 11) is 0. The molecule has 4 heterocycles. The van der Waals surface area contributed by atoms with Gasteiger partial charge >= 0.3 is 0 Å². The van der Waals surface area contributed by atoms with E-state index in [2.05, 4.69) is 179 Å². The van der Waals surface area contributed by atoms with Gasteiger partial charge in [0, 0.05) is 54.8 Å². The lowest BCUT2D eigenvalue weighted by atomic mass is 10.1. The smallest absolute Gasteiger partial charge is 0.167 e. The van der Waals surface area contributed by atoms with Gasteiger partial charge in [-0.2, -0.15) is 0 Å². The van der Waals surface area contributed by atoms with Gasteiger partial charge in [-0.15, -0.1) is 0 Å². The minimum absolute atomic E-state index is 0.535. The van der Waals surface area contributed by atoms with E-state index >= 15 is 0 Å². The molecule has 0 fully saturated rings. The molecule has 0 saturated heterocycles. The zero-order chi connectivity index (χ0) is 40.0. The summed E-state index contributed by atoms with van der Waals surface area (Å²) in [5.74, 6) is 1.71. The lowest BCUT2D eigenvalue weighted by molar-refractivity contribution is 0.669. The second-order valence-corrected chi connectivity index (χ2v) is 15.6. The lowest BCUT2D eigenvalue weighted by Gasteiger charge is -2.13. The van der Waals surface area contributed by atoms with Crippen molar-refractivity contribution in [3.63, 3.8) is 0 Å². The van der Waals surface area contributed by atoms with Gasteiger partial charge < -0.3 is 13.6 Å². The summed E-state index contributed by atoms with van der Waals surface area (Å²) in [6, 6.07) is 70.3. The van der Waals surface area contributed by atoms with Crippen LogP contribution in [0.25, 0.3) is 122 Å². The molecule has 9 aromatic carbocycles. The van der Waals surface area contributed by atoms with Gasteiger partial charge in [-0.3, -0.25) is 0 Å². The largest absolute Gasteiger partial charge is 0.455 e. The average molecular weight is 780 g/mol. The second-order valence-electron chi connectivity index (χ2n) is 15.6. The lowest BCUT2D eigenvalue weighted by Crippen LogP contribution is -2.02. The Balaban J connectivity index is 1.09. The molecule has 0 unspecified atom stereocenters. The van der Waals surface area contributed by atoms with Crippen LogP contribution in [-0.2, 0) is 0 Å². The van der Waals surface area contributed by atoms with Crippen LogP contribution in [-0.4, -0.2) is 24.1 Å². The average Bonchev–Trinajstić information content (AvgIpc) is 3.98. The van der Waals surface area contributed by atoms with Crippen molar-refractivity contribution in [2.24, 2.45) is 0 Å². The Bertz CT molecular complexity index is 3880. The fourth-order valence-electron chi connectivity index (χ4n) is 9.35. The van der Waals surface area contributed by atoms with Crippen molar-refractivity contribution in [1.82, 2.24) is 24.1 Å². The Labute approximate surface area is 349 Å². The number of hydrogen-bond donors (Lipinski definition) is 0. The Morgan fingerprint density at radius 3 is 1.64 bits per heavy atom. The first-order chi connectivity index (χ1) is 30.2. The van der Waals surface area contributed by atoms with Crippen molar-refractivity contribution in [1.29, 1.82) is 0 Å². The number of para-hydroxylation sites is 4. The van der Waals surface area contributed by atoms with Gasteiger partial charge in [0.15, 0.2) is 17.5 Å². The van der Waals surface area contributed by atoms with E-state index in [9.17, 15) is 0 Å². The van der Waals surface area contributed by atoms with Crippen molar-refractivity contribution in [3.8, 4) is 45.5 Å². The van der Waals surface area contributed by atoms with Crippen LogP contribution >= 0.6 is 0 Å². The van der Waals surface area contributed by atoms with E-state index in [0.29, 0.717) is 17.5 Å². The van der Waals surface area contributed by atoms with Crippen LogP contribution in [0.2, 0.25) is 0 Å². The molecule has 0 aliphatic heterocycles. The molecule has 0 bridgehead atoms. The number of nitrogens with zero attached hydrogens (tertiary/aromatic N) is 5. The molecule has 13 aromatic rings. The molecule has 284 valence electrons. The molecule has 4 aromatic heterocycles. The molecule has 0 N–H and O–H groups in total. The van der Waals surface area contributed by atoms with Crippen molar-refractivity contribution < 1.29 is 4.42 Å².